The minimum atomic E-state index is -2.11. The van der Waals surface area contributed by atoms with Gasteiger partial charge in [0.1, 0.15) is 96.1 Å². The van der Waals surface area contributed by atoms with Crippen LogP contribution in [0, 0.1) is 0 Å². The molecule has 2 saturated heterocycles. The lowest BCUT2D eigenvalue weighted by Crippen LogP contribution is -2.62. The number of carbonyl (C=O) groups is 19. The number of fused-ring (bicyclic) bond motifs is 4. The number of hydrogen-bond acceptors (Lipinski definition) is 23. The Balaban J connectivity index is 0.784. The van der Waals surface area contributed by atoms with E-state index < -0.39 is 255 Å². The lowest BCUT2D eigenvalue weighted by Gasteiger charge is -2.30. The zero-order valence-corrected chi connectivity index (χ0v) is 80.8. The molecule has 2 aliphatic rings. The van der Waals surface area contributed by atoms with E-state index in [-0.39, 0.29) is 63.0 Å². The number of carboxylic acids is 1. The van der Waals surface area contributed by atoms with Crippen LogP contribution in [0.25, 0.3) is 32.7 Å². The van der Waals surface area contributed by atoms with Crippen molar-refractivity contribution in [2.24, 2.45) is 11.5 Å². The van der Waals surface area contributed by atoms with Crippen LogP contribution in [0.3, 0.4) is 0 Å². The first-order chi connectivity index (χ1) is 71.4. The summed E-state index contributed by atoms with van der Waals surface area (Å²) in [6, 6.07) is 23.2. The number of phenolic OH excluding ortho intramolecular Hbond substituents is 2. The SMILES string of the molecule is C[C@@H]1NC(=O)[C@H]([C@H](C)O)NC(=O)CNC(=O)[C@H](Cc2cnc[nH]2)NC(=O)[C@H](Cc2c[nH]c3ccccc23)NC(=O)[C@H](CC(N)=O)NC(=O)CNC(=O)C[C@@H](C(=O)N[C@@H](Cc2c[nH]c3ccccc23)C(=O)N[C@@H](Cc2ccccc2)C(=O)N[C@@H](Cc2ccccc2)C(=O)N[C@@H](CC(N)=O)C(=O)N[C@@H](Cc2ccc(O)cc2)C(=O)N[C@@H](Cc2ccc(O)cc2)C(=O)N[C@@H](Cc2c[nH]c3ccccc23)C(=O)O)NC(=O)[C@@H]2CCCN2C1=O. The van der Waals surface area contributed by atoms with Crippen molar-refractivity contribution >= 4 is 145 Å². The average molecular weight is 2040 g/mol. The third-order valence-corrected chi connectivity index (χ3v) is 25.3. The van der Waals surface area contributed by atoms with E-state index in [2.05, 4.69) is 105 Å². The van der Waals surface area contributed by atoms with Crippen molar-refractivity contribution < 1.29 is 112 Å². The fourth-order valence-electron chi connectivity index (χ4n) is 17.5. The van der Waals surface area contributed by atoms with Crippen LogP contribution in [0.2, 0.25) is 0 Å². The molecular weight excluding hydrogens is 1930 g/mol. The van der Waals surface area contributed by atoms with Gasteiger partial charge in [-0.1, -0.05) is 140 Å². The number of aliphatic hydroxyl groups excluding tert-OH is 1. The van der Waals surface area contributed by atoms with Crippen LogP contribution in [0.15, 0.2) is 213 Å². The van der Waals surface area contributed by atoms with E-state index in [0.717, 1.165) is 11.8 Å². The average Bonchev–Trinajstić information content (AvgIpc) is 1.73. The first-order valence-electron chi connectivity index (χ1n) is 47.9. The highest BCUT2D eigenvalue weighted by molar-refractivity contribution is 6.04. The molecule has 149 heavy (non-hydrogen) atoms. The maximum absolute atomic E-state index is 15.9. The number of aromatic hydroxyl groups is 2. The number of nitrogens with one attached hydrogen (secondary N) is 19. The Kier molecular flexibility index (Phi) is 36.9. The number of aromatic amines is 4. The number of para-hydroxylation sites is 3. The Hall–Kier alpha value is -18.1. The van der Waals surface area contributed by atoms with Crippen molar-refractivity contribution in [2.75, 3.05) is 19.6 Å². The van der Waals surface area contributed by atoms with E-state index >= 15 is 33.6 Å². The maximum Gasteiger partial charge on any atom is 0.326 e. The molecule has 4 aromatic heterocycles. The highest BCUT2D eigenvalue weighted by Gasteiger charge is 2.43. The summed E-state index contributed by atoms with van der Waals surface area (Å²) in [6.45, 7) is 0.273. The minimum absolute atomic E-state index is 0.115. The number of aliphatic carboxylic acids is 1. The highest BCUT2D eigenvalue weighted by Crippen LogP contribution is 2.27. The number of nitrogens with zero attached hydrogens (tertiary/aromatic N) is 2. The quantitative estimate of drug-likeness (QED) is 0.0196. The van der Waals surface area contributed by atoms with Gasteiger partial charge in [0.15, 0.2) is 0 Å². The van der Waals surface area contributed by atoms with Gasteiger partial charge in [0.2, 0.25) is 106 Å². The van der Waals surface area contributed by atoms with Crippen molar-refractivity contribution in [2.45, 2.75) is 188 Å². The van der Waals surface area contributed by atoms with E-state index in [1.807, 2.05) is 0 Å². The van der Waals surface area contributed by atoms with Gasteiger partial charge in [-0.3, -0.25) is 86.3 Å². The smallest absolute Gasteiger partial charge is 0.326 e. The molecule has 0 saturated carbocycles. The van der Waals surface area contributed by atoms with Gasteiger partial charge in [-0.15, -0.1) is 0 Å². The monoisotopic (exact) mass is 2040 g/mol. The Labute approximate surface area is 850 Å². The predicted molar refractivity (Wildman–Crippen MR) is 535 cm³/mol. The first kappa shape index (κ1) is 108. The minimum Gasteiger partial charge on any atom is -0.508 e. The Bertz CT molecular complexity index is 6740. The molecule has 0 bridgehead atoms. The summed E-state index contributed by atoms with van der Waals surface area (Å²) in [5.74, 6) is -21.9. The number of nitrogens with two attached hydrogens (primary N) is 2. The molecular formula is C103H115N23O23. The molecule has 0 spiro atoms. The number of imidazole rings is 1. The summed E-state index contributed by atoms with van der Waals surface area (Å²) in [6.07, 6.45) is -0.277. The van der Waals surface area contributed by atoms with E-state index in [0.29, 0.717) is 77.3 Å². The van der Waals surface area contributed by atoms with Crippen molar-refractivity contribution in [1.82, 2.24) is 110 Å². The third kappa shape index (κ3) is 30.3. The van der Waals surface area contributed by atoms with Crippen LogP contribution in [0.1, 0.15) is 90.6 Å². The van der Waals surface area contributed by atoms with Crippen LogP contribution in [-0.2, 0) is 142 Å². The molecule has 780 valence electrons. The number of amides is 18. The van der Waals surface area contributed by atoms with Gasteiger partial charge in [0, 0.05) is 121 Å². The third-order valence-electron chi connectivity index (χ3n) is 25.3. The molecule has 6 heterocycles. The van der Waals surface area contributed by atoms with Crippen LogP contribution in [0.5, 0.6) is 11.5 Å². The Morgan fingerprint density at radius 2 is 0.846 bits per heavy atom. The molecule has 46 nitrogen and oxygen atoms in total. The number of hydrogen-bond donors (Lipinski definition) is 25. The fourth-order valence-corrected chi connectivity index (χ4v) is 17.5. The fraction of sp³-hybridized carbons (Fsp3) is 0.320. The molecule has 0 radical (unpaired) electrons. The zero-order valence-electron chi connectivity index (χ0n) is 80.8. The normalized spacial score (nSPS) is 19.1. The Morgan fingerprint density at radius 1 is 0.423 bits per heavy atom. The summed E-state index contributed by atoms with van der Waals surface area (Å²) in [5, 5.41) is 81.7. The second-order valence-corrected chi connectivity index (χ2v) is 36.4. The lowest BCUT2D eigenvalue weighted by atomic mass is 10.00. The van der Waals surface area contributed by atoms with Gasteiger partial charge in [0.05, 0.1) is 44.8 Å². The van der Waals surface area contributed by atoms with Gasteiger partial charge in [0.25, 0.3) is 0 Å². The van der Waals surface area contributed by atoms with Crippen molar-refractivity contribution in [1.29, 1.82) is 0 Å². The predicted octanol–water partition coefficient (Wildman–Crippen LogP) is -2.33. The summed E-state index contributed by atoms with van der Waals surface area (Å²) in [5.41, 5.74) is 16.4. The molecule has 46 heteroatoms. The van der Waals surface area contributed by atoms with Crippen LogP contribution in [-0.4, -0.2) is 273 Å². The number of carbonyl (C=O) groups excluding carboxylic acids is 18. The summed E-state index contributed by atoms with van der Waals surface area (Å²) in [7, 11) is 0. The first-order valence-corrected chi connectivity index (χ1v) is 47.9. The number of carboxylic acid groups (broad SMARTS) is 1. The molecule has 2 aliphatic heterocycles. The van der Waals surface area contributed by atoms with Crippen molar-refractivity contribution in [3.8, 4) is 11.5 Å². The van der Waals surface area contributed by atoms with E-state index in [9.17, 15) is 78.0 Å². The largest absolute Gasteiger partial charge is 0.508 e. The van der Waals surface area contributed by atoms with Crippen LogP contribution in [0.4, 0.5) is 0 Å². The van der Waals surface area contributed by atoms with Crippen molar-refractivity contribution in [3.63, 3.8) is 0 Å². The van der Waals surface area contributed by atoms with Gasteiger partial charge < -0.3 is 136 Å². The van der Waals surface area contributed by atoms with Crippen molar-refractivity contribution in [3.05, 3.63) is 258 Å². The molecule has 15 atom stereocenters. The number of H-pyrrole nitrogens is 4. The highest BCUT2D eigenvalue weighted by atomic mass is 16.4. The van der Waals surface area contributed by atoms with E-state index in [4.69, 9.17) is 11.5 Å². The van der Waals surface area contributed by atoms with E-state index in [1.54, 1.807) is 146 Å². The maximum atomic E-state index is 15.9. The summed E-state index contributed by atoms with van der Waals surface area (Å²) < 4.78 is 0. The second kappa shape index (κ2) is 50.9. The molecule has 0 aliphatic carbocycles. The number of aromatic nitrogens is 5. The standard InChI is InChI=1S/C103H115N23O23/c1-54-102(147)126-35-15-26-83(126)100(145)123-81(46-86(132)110-51-87(133)114-79(44-84(104)130)97(142)119-77(41-61-48-108-70-24-13-10-21-67(61)70)96(141)121-78(43-63-50-106-53-112-63)90(135)111-52-88(134)125-89(55(2)127)101(146)113-54)99(144)120-76(40-60-47-107-69-23-12-9-20-66(60)69)95(140)117-72(36-56-16-5-3-6-17-56)91(136)115-73(37-57-18-7-4-8-19-57)93(138)122-80(45-85(105)131)98(143)118-74(38-58-27-31-64(128)32-28-58)92(137)116-75(39-59-29-33-65(129)34-30-59)94(139)124-82(103(148)149)42-62-49-109-71-25-14-11-22-68(62)71/h3-14,16-25,27-34,47-50,53-55,72-83,89,107-109,127-129H,15,26,35-46,51-52H2,1-2H3,(H2,104,130)(H2,105,131)(H,106,112)(H,110,132)(H,111,135)(H,113,146)(H,114,133)(H,115,136)(H,116,137)(H,117,140)(H,118,143)(H,119,142)(H,120,144)(H,121,141)(H,122,138)(H,123,145)(H,124,139)(H,125,134)(H,148,149)/t54-,55-,72-,73-,74-,75-,76-,77-,78-,79-,80-,81-,82-,83-,89-/m0/s1. The molecule has 0 unspecified atom stereocenters. The number of rotatable bonds is 36. The number of aliphatic hydroxyl groups is 1. The van der Waals surface area contributed by atoms with Gasteiger partial charge in [-0.25, -0.2) is 9.78 Å². The molecule has 7 aromatic carbocycles. The van der Waals surface area contributed by atoms with E-state index in [1.165, 1.54) is 74.2 Å². The summed E-state index contributed by atoms with van der Waals surface area (Å²) >= 11 is 0. The number of primary amides is 2. The second-order valence-electron chi connectivity index (χ2n) is 36.4. The van der Waals surface area contributed by atoms with Gasteiger partial charge in [-0.2, -0.15) is 0 Å². The molecule has 18 amide bonds. The topological polar surface area (TPSA) is 717 Å². The number of benzene rings is 7. The summed E-state index contributed by atoms with van der Waals surface area (Å²) in [4.78, 5) is 294. The zero-order chi connectivity index (χ0) is 107. The molecule has 2 fully saturated rings. The molecule has 27 N–H and O–H groups in total. The lowest BCUT2D eigenvalue weighted by molar-refractivity contribution is -0.143. The van der Waals surface area contributed by atoms with Gasteiger partial charge in [-0.05, 0) is 108 Å². The Morgan fingerprint density at radius 3 is 1.32 bits per heavy atom. The molecule has 11 aromatic rings. The van der Waals surface area contributed by atoms with Crippen LogP contribution >= 0.6 is 0 Å². The van der Waals surface area contributed by atoms with Crippen LogP contribution < -0.4 is 91.2 Å². The number of phenols is 2. The van der Waals surface area contributed by atoms with Gasteiger partial charge >= 0.3 is 5.97 Å². The molecule has 13 rings (SSSR count).